The number of para-hydroxylation sites is 2. The SMILES string of the molecule is O=C(Nc1ccccc1C(=O)N1CCc2ccccc21)c1ccccc1. The van der Waals surface area contributed by atoms with Crippen molar-refractivity contribution in [1.29, 1.82) is 0 Å². The molecular formula is C22H18N2O2. The van der Waals surface area contributed by atoms with Crippen molar-refractivity contribution in [2.75, 3.05) is 16.8 Å². The number of hydrogen-bond donors (Lipinski definition) is 1. The third kappa shape index (κ3) is 2.97. The van der Waals surface area contributed by atoms with Gasteiger partial charge in [-0.3, -0.25) is 9.59 Å². The molecule has 0 spiro atoms. The molecule has 4 nitrogen and oxygen atoms in total. The van der Waals surface area contributed by atoms with Gasteiger partial charge in [-0.05, 0) is 42.3 Å². The molecule has 4 heteroatoms. The second-order valence-electron chi connectivity index (χ2n) is 6.20. The Hall–Kier alpha value is -3.40. The summed E-state index contributed by atoms with van der Waals surface area (Å²) in [4.78, 5) is 27.4. The summed E-state index contributed by atoms with van der Waals surface area (Å²) in [6, 6.07) is 24.1. The van der Waals surface area contributed by atoms with Crippen LogP contribution >= 0.6 is 0 Å². The van der Waals surface area contributed by atoms with E-state index in [-0.39, 0.29) is 11.8 Å². The van der Waals surface area contributed by atoms with E-state index in [4.69, 9.17) is 0 Å². The van der Waals surface area contributed by atoms with E-state index in [2.05, 4.69) is 5.32 Å². The molecule has 0 aliphatic carbocycles. The number of anilines is 2. The van der Waals surface area contributed by atoms with Gasteiger partial charge < -0.3 is 10.2 Å². The Morgan fingerprint density at radius 3 is 2.35 bits per heavy atom. The van der Waals surface area contributed by atoms with Gasteiger partial charge >= 0.3 is 0 Å². The van der Waals surface area contributed by atoms with Crippen molar-refractivity contribution >= 4 is 23.2 Å². The lowest BCUT2D eigenvalue weighted by Gasteiger charge is -2.19. The molecule has 128 valence electrons. The second kappa shape index (κ2) is 6.84. The molecule has 1 aliphatic heterocycles. The summed E-state index contributed by atoms with van der Waals surface area (Å²) in [5.74, 6) is -0.327. The first kappa shape index (κ1) is 16.1. The number of nitrogens with one attached hydrogen (secondary N) is 1. The van der Waals surface area contributed by atoms with E-state index in [1.54, 1.807) is 29.2 Å². The second-order valence-corrected chi connectivity index (χ2v) is 6.20. The van der Waals surface area contributed by atoms with Crippen molar-refractivity contribution < 1.29 is 9.59 Å². The number of amides is 2. The lowest BCUT2D eigenvalue weighted by molar-refractivity contribution is 0.0990. The summed E-state index contributed by atoms with van der Waals surface area (Å²) in [6.07, 6.45) is 0.848. The highest BCUT2D eigenvalue weighted by Crippen LogP contribution is 2.30. The molecule has 1 N–H and O–H groups in total. The van der Waals surface area contributed by atoms with E-state index < -0.39 is 0 Å². The third-order valence-electron chi connectivity index (χ3n) is 4.57. The summed E-state index contributed by atoms with van der Waals surface area (Å²) in [5.41, 5.74) is 3.69. The van der Waals surface area contributed by atoms with Crippen LogP contribution in [0.15, 0.2) is 78.9 Å². The van der Waals surface area contributed by atoms with Crippen LogP contribution in [0.4, 0.5) is 11.4 Å². The van der Waals surface area contributed by atoms with Crippen molar-refractivity contribution in [3.05, 3.63) is 95.6 Å². The minimum absolute atomic E-state index is 0.0982. The zero-order valence-corrected chi connectivity index (χ0v) is 14.2. The van der Waals surface area contributed by atoms with Crippen molar-refractivity contribution in [1.82, 2.24) is 0 Å². The van der Waals surface area contributed by atoms with E-state index >= 15 is 0 Å². The van der Waals surface area contributed by atoms with E-state index in [1.807, 2.05) is 54.6 Å². The van der Waals surface area contributed by atoms with Crippen LogP contribution in [0, 0.1) is 0 Å². The molecule has 2 amide bonds. The van der Waals surface area contributed by atoms with Gasteiger partial charge in [0.25, 0.3) is 11.8 Å². The van der Waals surface area contributed by atoms with Gasteiger partial charge in [-0.15, -0.1) is 0 Å². The van der Waals surface area contributed by atoms with Crippen LogP contribution in [0.2, 0.25) is 0 Å². The average molecular weight is 342 g/mol. The molecule has 0 atom stereocenters. The van der Waals surface area contributed by atoms with E-state index in [0.29, 0.717) is 23.4 Å². The lowest BCUT2D eigenvalue weighted by Crippen LogP contribution is -2.30. The fourth-order valence-corrected chi connectivity index (χ4v) is 3.26. The van der Waals surface area contributed by atoms with E-state index in [9.17, 15) is 9.59 Å². The lowest BCUT2D eigenvalue weighted by atomic mass is 10.1. The molecule has 0 saturated heterocycles. The Morgan fingerprint density at radius 2 is 1.50 bits per heavy atom. The molecule has 4 rings (SSSR count). The maximum Gasteiger partial charge on any atom is 0.260 e. The van der Waals surface area contributed by atoms with Gasteiger partial charge in [0, 0.05) is 17.8 Å². The number of carbonyl (C=O) groups is 2. The molecule has 0 saturated carbocycles. The van der Waals surface area contributed by atoms with Crippen LogP contribution in [0.5, 0.6) is 0 Å². The summed E-state index contributed by atoms with van der Waals surface area (Å²) in [7, 11) is 0. The van der Waals surface area contributed by atoms with Crippen LogP contribution in [0.25, 0.3) is 0 Å². The number of benzene rings is 3. The van der Waals surface area contributed by atoms with Crippen molar-refractivity contribution in [2.45, 2.75) is 6.42 Å². The van der Waals surface area contributed by atoms with E-state index in [1.165, 1.54) is 5.56 Å². The molecule has 0 unspecified atom stereocenters. The van der Waals surface area contributed by atoms with Gasteiger partial charge in [-0.25, -0.2) is 0 Å². The van der Waals surface area contributed by atoms with Crippen LogP contribution in [-0.2, 0) is 6.42 Å². The minimum atomic E-state index is -0.229. The Labute approximate surface area is 152 Å². The number of rotatable bonds is 3. The number of nitrogens with zero attached hydrogens (tertiary/aromatic N) is 1. The molecule has 0 radical (unpaired) electrons. The van der Waals surface area contributed by atoms with Gasteiger partial charge in [0.15, 0.2) is 0 Å². The molecule has 26 heavy (non-hydrogen) atoms. The molecule has 3 aromatic carbocycles. The maximum absolute atomic E-state index is 13.1. The van der Waals surface area contributed by atoms with Gasteiger partial charge in [0.05, 0.1) is 11.3 Å². The third-order valence-corrected chi connectivity index (χ3v) is 4.57. The number of hydrogen-bond acceptors (Lipinski definition) is 2. The summed E-state index contributed by atoms with van der Waals surface area (Å²) in [6.45, 7) is 0.652. The fourth-order valence-electron chi connectivity index (χ4n) is 3.26. The Bertz CT molecular complexity index is 967. The highest BCUT2D eigenvalue weighted by atomic mass is 16.2. The molecule has 0 aromatic heterocycles. The van der Waals surface area contributed by atoms with Crippen LogP contribution in [0.1, 0.15) is 26.3 Å². The zero-order chi connectivity index (χ0) is 17.9. The smallest absolute Gasteiger partial charge is 0.260 e. The number of carbonyl (C=O) groups excluding carboxylic acids is 2. The first-order valence-corrected chi connectivity index (χ1v) is 8.59. The average Bonchev–Trinajstić information content (AvgIpc) is 3.13. The van der Waals surface area contributed by atoms with Crippen LogP contribution in [0.3, 0.4) is 0 Å². The van der Waals surface area contributed by atoms with E-state index in [0.717, 1.165) is 12.1 Å². The highest BCUT2D eigenvalue weighted by Gasteiger charge is 2.26. The van der Waals surface area contributed by atoms with Crippen LogP contribution in [-0.4, -0.2) is 18.4 Å². The zero-order valence-electron chi connectivity index (χ0n) is 14.2. The Kier molecular flexibility index (Phi) is 4.23. The maximum atomic E-state index is 13.1. The Morgan fingerprint density at radius 1 is 0.808 bits per heavy atom. The fraction of sp³-hybridized carbons (Fsp3) is 0.0909. The molecule has 0 bridgehead atoms. The molecule has 1 aliphatic rings. The predicted octanol–water partition coefficient (Wildman–Crippen LogP) is 4.14. The minimum Gasteiger partial charge on any atom is -0.321 e. The van der Waals surface area contributed by atoms with Crippen molar-refractivity contribution in [3.8, 4) is 0 Å². The van der Waals surface area contributed by atoms with Gasteiger partial charge in [-0.1, -0.05) is 48.5 Å². The number of fused-ring (bicyclic) bond motifs is 1. The predicted molar refractivity (Wildman–Crippen MR) is 103 cm³/mol. The van der Waals surface area contributed by atoms with Crippen LogP contribution < -0.4 is 10.2 Å². The molecule has 0 fully saturated rings. The summed E-state index contributed by atoms with van der Waals surface area (Å²) >= 11 is 0. The monoisotopic (exact) mass is 342 g/mol. The first-order valence-electron chi connectivity index (χ1n) is 8.59. The van der Waals surface area contributed by atoms with Gasteiger partial charge in [-0.2, -0.15) is 0 Å². The molecular weight excluding hydrogens is 324 g/mol. The summed E-state index contributed by atoms with van der Waals surface area (Å²) < 4.78 is 0. The molecule has 1 heterocycles. The normalized spacial score (nSPS) is 12.5. The Balaban J connectivity index is 1.62. The van der Waals surface area contributed by atoms with Gasteiger partial charge in [0.1, 0.15) is 0 Å². The van der Waals surface area contributed by atoms with Crippen molar-refractivity contribution in [3.63, 3.8) is 0 Å². The highest BCUT2D eigenvalue weighted by molar-refractivity contribution is 6.14. The quantitative estimate of drug-likeness (QED) is 0.778. The summed E-state index contributed by atoms with van der Waals surface area (Å²) in [5, 5.41) is 2.87. The molecule has 3 aromatic rings. The van der Waals surface area contributed by atoms with Gasteiger partial charge in [0.2, 0.25) is 0 Å². The first-order chi connectivity index (χ1) is 12.7. The topological polar surface area (TPSA) is 49.4 Å². The van der Waals surface area contributed by atoms with Crippen molar-refractivity contribution in [2.24, 2.45) is 0 Å². The standard InChI is InChI=1S/C22H18N2O2/c25-21(17-9-2-1-3-10-17)23-19-12-6-5-11-18(19)22(26)24-15-14-16-8-4-7-13-20(16)24/h1-13H,14-15H2,(H,23,25). The largest absolute Gasteiger partial charge is 0.321 e.